The number of ether oxygens (including phenoxy) is 1. The van der Waals surface area contributed by atoms with Crippen LogP contribution in [0.4, 0.5) is 0 Å². The van der Waals surface area contributed by atoms with Crippen molar-refractivity contribution >= 4 is 11.8 Å². The van der Waals surface area contributed by atoms with Crippen molar-refractivity contribution in [3.8, 4) is 0 Å². The Bertz CT molecular complexity index is 474. The molecule has 0 saturated carbocycles. The van der Waals surface area contributed by atoms with Crippen LogP contribution in [0.2, 0.25) is 0 Å². The van der Waals surface area contributed by atoms with Crippen LogP contribution in [0.25, 0.3) is 0 Å². The highest BCUT2D eigenvalue weighted by molar-refractivity contribution is 6.35. The number of aliphatic hydroxyl groups is 1. The minimum Gasteiger partial charge on any atom is -0.386 e. The van der Waals surface area contributed by atoms with E-state index in [0.717, 1.165) is 5.56 Å². The van der Waals surface area contributed by atoms with E-state index < -0.39 is 17.4 Å². The van der Waals surface area contributed by atoms with Gasteiger partial charge >= 0.3 is 11.8 Å². The molecule has 21 heavy (non-hydrogen) atoms. The first kappa shape index (κ1) is 17.1. The van der Waals surface area contributed by atoms with E-state index in [-0.39, 0.29) is 19.2 Å². The Balaban J connectivity index is 2.46. The summed E-state index contributed by atoms with van der Waals surface area (Å²) >= 11 is 0. The summed E-state index contributed by atoms with van der Waals surface area (Å²) < 4.78 is 4.82. The minimum atomic E-state index is -1.21. The zero-order valence-corrected chi connectivity index (χ0v) is 12.6. The number of nitrogens with one attached hydrogen (secondary N) is 2. The second-order valence-corrected chi connectivity index (χ2v) is 5.22. The summed E-state index contributed by atoms with van der Waals surface area (Å²) in [7, 11) is 1.45. The monoisotopic (exact) mass is 294 g/mol. The van der Waals surface area contributed by atoms with Crippen LogP contribution < -0.4 is 10.6 Å². The van der Waals surface area contributed by atoms with E-state index in [1.54, 1.807) is 6.92 Å². The molecule has 1 aromatic carbocycles. The second kappa shape index (κ2) is 7.75. The molecule has 2 amide bonds. The minimum absolute atomic E-state index is 0.0627. The third kappa shape index (κ3) is 5.93. The normalized spacial score (nSPS) is 14.9. The molecule has 0 saturated heterocycles. The van der Waals surface area contributed by atoms with Gasteiger partial charge in [0.15, 0.2) is 0 Å². The van der Waals surface area contributed by atoms with E-state index in [9.17, 15) is 14.7 Å². The van der Waals surface area contributed by atoms with E-state index in [2.05, 4.69) is 10.6 Å². The van der Waals surface area contributed by atoms with Gasteiger partial charge in [-0.1, -0.05) is 30.3 Å². The van der Waals surface area contributed by atoms with E-state index in [4.69, 9.17) is 4.74 Å². The summed E-state index contributed by atoms with van der Waals surface area (Å²) in [6, 6.07) is 9.06. The molecule has 0 aliphatic rings. The standard InChI is InChI=1S/C15H22N2O4/c1-11(12-7-5-4-6-8-12)17-14(19)13(18)16-9-15(2,20)10-21-3/h4-8,11,20H,9-10H2,1-3H3,(H,16,18)(H,17,19)/t11-,15-/m1/s1. The Labute approximate surface area is 124 Å². The van der Waals surface area contributed by atoms with Gasteiger partial charge in [-0.2, -0.15) is 0 Å². The van der Waals surface area contributed by atoms with Crippen LogP contribution in [0.3, 0.4) is 0 Å². The van der Waals surface area contributed by atoms with Gasteiger partial charge < -0.3 is 20.5 Å². The molecule has 1 aromatic rings. The van der Waals surface area contributed by atoms with Gasteiger partial charge in [0.2, 0.25) is 0 Å². The molecular formula is C15H22N2O4. The maximum absolute atomic E-state index is 11.8. The third-order valence-corrected chi connectivity index (χ3v) is 2.94. The first-order valence-electron chi connectivity index (χ1n) is 6.70. The fraction of sp³-hybridized carbons (Fsp3) is 0.467. The number of methoxy groups -OCH3 is 1. The van der Waals surface area contributed by atoms with Crippen molar-refractivity contribution in [3.05, 3.63) is 35.9 Å². The predicted molar refractivity (Wildman–Crippen MR) is 78.5 cm³/mol. The topological polar surface area (TPSA) is 87.7 Å². The smallest absolute Gasteiger partial charge is 0.309 e. The molecular weight excluding hydrogens is 272 g/mol. The average Bonchev–Trinajstić information content (AvgIpc) is 2.45. The summed E-state index contributed by atoms with van der Waals surface area (Å²) in [4.78, 5) is 23.5. The summed E-state index contributed by atoms with van der Waals surface area (Å²) in [5.41, 5.74) is -0.305. The van der Waals surface area contributed by atoms with Crippen molar-refractivity contribution in [2.24, 2.45) is 0 Å². The van der Waals surface area contributed by atoms with Crippen molar-refractivity contribution in [2.75, 3.05) is 20.3 Å². The Kier molecular flexibility index (Phi) is 6.33. The van der Waals surface area contributed by atoms with Crippen LogP contribution in [0.5, 0.6) is 0 Å². The maximum atomic E-state index is 11.8. The zero-order valence-electron chi connectivity index (χ0n) is 12.6. The molecule has 0 bridgehead atoms. The highest BCUT2D eigenvalue weighted by atomic mass is 16.5. The van der Waals surface area contributed by atoms with Crippen LogP contribution in [0.15, 0.2) is 30.3 Å². The fourth-order valence-corrected chi connectivity index (χ4v) is 1.80. The number of rotatable bonds is 6. The lowest BCUT2D eigenvalue weighted by molar-refractivity contribution is -0.140. The fourth-order valence-electron chi connectivity index (χ4n) is 1.80. The maximum Gasteiger partial charge on any atom is 0.309 e. The molecule has 0 aliphatic heterocycles. The summed E-state index contributed by atoms with van der Waals surface area (Å²) in [6.07, 6.45) is 0. The van der Waals surface area contributed by atoms with Gasteiger partial charge in [0.05, 0.1) is 12.6 Å². The third-order valence-electron chi connectivity index (χ3n) is 2.94. The molecule has 0 spiro atoms. The predicted octanol–water partition coefficient (Wildman–Crippen LogP) is 0.377. The molecule has 6 heteroatoms. The highest BCUT2D eigenvalue weighted by Crippen LogP contribution is 2.10. The Hall–Kier alpha value is -1.92. The zero-order chi connectivity index (χ0) is 15.9. The number of carbonyl (C=O) groups excluding carboxylic acids is 2. The number of hydrogen-bond donors (Lipinski definition) is 3. The van der Waals surface area contributed by atoms with Crippen molar-refractivity contribution < 1.29 is 19.4 Å². The Morgan fingerprint density at radius 3 is 2.48 bits per heavy atom. The summed E-state index contributed by atoms with van der Waals surface area (Å²) in [5.74, 6) is -1.52. The highest BCUT2D eigenvalue weighted by Gasteiger charge is 2.23. The first-order chi connectivity index (χ1) is 9.85. The molecule has 0 heterocycles. The molecule has 6 nitrogen and oxygen atoms in total. The molecule has 0 aromatic heterocycles. The number of amides is 2. The average molecular weight is 294 g/mol. The van der Waals surface area contributed by atoms with E-state index in [0.29, 0.717) is 0 Å². The van der Waals surface area contributed by atoms with Gasteiger partial charge in [0.1, 0.15) is 5.60 Å². The molecule has 2 atom stereocenters. The molecule has 0 radical (unpaired) electrons. The van der Waals surface area contributed by atoms with Gasteiger partial charge in [-0.25, -0.2) is 0 Å². The molecule has 1 rings (SSSR count). The summed E-state index contributed by atoms with van der Waals surface area (Å²) in [6.45, 7) is 3.31. The Morgan fingerprint density at radius 1 is 1.29 bits per heavy atom. The lowest BCUT2D eigenvalue weighted by atomic mass is 10.1. The van der Waals surface area contributed by atoms with Crippen molar-refractivity contribution in [1.29, 1.82) is 0 Å². The molecule has 0 unspecified atom stereocenters. The van der Waals surface area contributed by atoms with Crippen molar-refractivity contribution in [2.45, 2.75) is 25.5 Å². The molecule has 0 fully saturated rings. The molecule has 116 valence electrons. The van der Waals surface area contributed by atoms with Crippen LogP contribution in [0, 0.1) is 0 Å². The van der Waals surface area contributed by atoms with E-state index in [1.165, 1.54) is 14.0 Å². The van der Waals surface area contributed by atoms with Crippen molar-refractivity contribution in [3.63, 3.8) is 0 Å². The molecule has 0 aliphatic carbocycles. The van der Waals surface area contributed by atoms with Gasteiger partial charge in [-0.15, -0.1) is 0 Å². The van der Waals surface area contributed by atoms with E-state index >= 15 is 0 Å². The van der Waals surface area contributed by atoms with Gasteiger partial charge in [0.25, 0.3) is 0 Å². The number of hydrogen-bond acceptors (Lipinski definition) is 4. The van der Waals surface area contributed by atoms with Gasteiger partial charge in [-0.05, 0) is 19.4 Å². The largest absolute Gasteiger partial charge is 0.386 e. The van der Waals surface area contributed by atoms with Gasteiger partial charge in [0, 0.05) is 13.7 Å². The lowest BCUT2D eigenvalue weighted by Gasteiger charge is -2.22. The van der Waals surface area contributed by atoms with Gasteiger partial charge in [-0.3, -0.25) is 9.59 Å². The Morgan fingerprint density at radius 2 is 1.90 bits per heavy atom. The van der Waals surface area contributed by atoms with Crippen LogP contribution >= 0.6 is 0 Å². The quantitative estimate of drug-likeness (QED) is 0.662. The summed E-state index contributed by atoms with van der Waals surface area (Å²) in [5, 5.41) is 14.8. The molecule has 3 N–H and O–H groups in total. The van der Waals surface area contributed by atoms with Crippen LogP contribution in [-0.2, 0) is 14.3 Å². The number of benzene rings is 1. The lowest BCUT2D eigenvalue weighted by Crippen LogP contribution is -2.48. The first-order valence-corrected chi connectivity index (χ1v) is 6.70. The SMILES string of the molecule is COC[C@](C)(O)CNC(=O)C(=O)N[C@H](C)c1ccccc1. The number of carbonyl (C=O) groups is 2. The second-order valence-electron chi connectivity index (χ2n) is 5.22. The van der Waals surface area contributed by atoms with Crippen molar-refractivity contribution in [1.82, 2.24) is 10.6 Å². The van der Waals surface area contributed by atoms with Crippen LogP contribution in [0.1, 0.15) is 25.5 Å². The van der Waals surface area contributed by atoms with Crippen LogP contribution in [-0.4, -0.2) is 42.8 Å². The van der Waals surface area contributed by atoms with E-state index in [1.807, 2.05) is 30.3 Å².